The van der Waals surface area contributed by atoms with Gasteiger partial charge < -0.3 is 4.57 Å². The Balaban J connectivity index is 1.97. The molecule has 1 aromatic heterocycles. The van der Waals surface area contributed by atoms with Crippen molar-refractivity contribution in [2.75, 3.05) is 0 Å². The molecule has 2 aromatic rings. The SMILES string of the molecule is Cn1ccnc1C(=O)CCc1ccc(Br)cc1. The van der Waals surface area contributed by atoms with E-state index in [1.807, 2.05) is 31.3 Å². The van der Waals surface area contributed by atoms with Gasteiger partial charge >= 0.3 is 0 Å². The van der Waals surface area contributed by atoms with E-state index in [4.69, 9.17) is 0 Å². The molecule has 0 spiro atoms. The van der Waals surface area contributed by atoms with Crippen LogP contribution in [0.25, 0.3) is 0 Å². The van der Waals surface area contributed by atoms with Crippen LogP contribution in [0.1, 0.15) is 22.6 Å². The number of halogens is 1. The topological polar surface area (TPSA) is 34.9 Å². The monoisotopic (exact) mass is 292 g/mol. The molecule has 0 saturated carbocycles. The van der Waals surface area contributed by atoms with E-state index in [0.717, 1.165) is 16.5 Å². The van der Waals surface area contributed by atoms with E-state index < -0.39 is 0 Å². The Morgan fingerprint density at radius 1 is 1.35 bits per heavy atom. The number of imidazole rings is 1. The summed E-state index contributed by atoms with van der Waals surface area (Å²) in [7, 11) is 1.83. The highest BCUT2D eigenvalue weighted by atomic mass is 79.9. The summed E-state index contributed by atoms with van der Waals surface area (Å²) in [5.74, 6) is 0.613. The summed E-state index contributed by atoms with van der Waals surface area (Å²) in [6, 6.07) is 8.02. The molecule has 0 fully saturated rings. The van der Waals surface area contributed by atoms with Gasteiger partial charge in [0.05, 0.1) is 0 Å². The fraction of sp³-hybridized carbons (Fsp3) is 0.231. The molecule has 0 unspecified atom stereocenters. The standard InChI is InChI=1S/C13H13BrN2O/c1-16-9-8-15-13(16)12(17)7-4-10-2-5-11(14)6-3-10/h2-3,5-6,8-9H,4,7H2,1H3. The van der Waals surface area contributed by atoms with E-state index in [2.05, 4.69) is 20.9 Å². The number of carbonyl (C=O) groups is 1. The van der Waals surface area contributed by atoms with Crippen molar-refractivity contribution in [3.05, 3.63) is 52.5 Å². The van der Waals surface area contributed by atoms with Gasteiger partial charge in [-0.15, -0.1) is 0 Å². The summed E-state index contributed by atoms with van der Waals surface area (Å²) >= 11 is 3.39. The Bertz CT molecular complexity index is 516. The maximum atomic E-state index is 11.9. The fourth-order valence-electron chi connectivity index (χ4n) is 1.66. The molecule has 3 nitrogen and oxygen atoms in total. The summed E-state index contributed by atoms with van der Waals surface area (Å²) in [5, 5.41) is 0. The van der Waals surface area contributed by atoms with Crippen molar-refractivity contribution in [2.45, 2.75) is 12.8 Å². The van der Waals surface area contributed by atoms with Crippen LogP contribution in [-0.2, 0) is 13.5 Å². The molecule has 0 atom stereocenters. The second-order valence-electron chi connectivity index (χ2n) is 3.91. The van der Waals surface area contributed by atoms with Crippen molar-refractivity contribution in [1.82, 2.24) is 9.55 Å². The van der Waals surface area contributed by atoms with Crippen LogP contribution in [-0.4, -0.2) is 15.3 Å². The van der Waals surface area contributed by atoms with Crippen LogP contribution in [0.3, 0.4) is 0 Å². The van der Waals surface area contributed by atoms with E-state index in [-0.39, 0.29) is 5.78 Å². The smallest absolute Gasteiger partial charge is 0.198 e. The number of ketones is 1. The number of hydrogen-bond donors (Lipinski definition) is 0. The Morgan fingerprint density at radius 3 is 2.65 bits per heavy atom. The predicted molar refractivity (Wildman–Crippen MR) is 70.0 cm³/mol. The van der Waals surface area contributed by atoms with Gasteiger partial charge in [0.2, 0.25) is 0 Å². The lowest BCUT2D eigenvalue weighted by Crippen LogP contribution is -2.08. The van der Waals surface area contributed by atoms with Gasteiger partial charge in [-0.1, -0.05) is 28.1 Å². The van der Waals surface area contributed by atoms with Gasteiger partial charge in [-0.2, -0.15) is 0 Å². The molecule has 2 rings (SSSR count). The van der Waals surface area contributed by atoms with Gasteiger partial charge in [0, 0.05) is 30.3 Å². The summed E-state index contributed by atoms with van der Waals surface area (Å²) in [6.45, 7) is 0. The normalized spacial score (nSPS) is 10.5. The van der Waals surface area contributed by atoms with E-state index in [0.29, 0.717) is 12.2 Å². The zero-order valence-electron chi connectivity index (χ0n) is 9.56. The molecule has 17 heavy (non-hydrogen) atoms. The average Bonchev–Trinajstić information content (AvgIpc) is 2.74. The van der Waals surface area contributed by atoms with Crippen molar-refractivity contribution in [2.24, 2.45) is 7.05 Å². The number of Topliss-reactive ketones (excluding diaryl/α,β-unsaturated/α-hetero) is 1. The van der Waals surface area contributed by atoms with Crippen molar-refractivity contribution in [3.8, 4) is 0 Å². The van der Waals surface area contributed by atoms with E-state index in [9.17, 15) is 4.79 Å². The van der Waals surface area contributed by atoms with Crippen LogP contribution >= 0.6 is 15.9 Å². The van der Waals surface area contributed by atoms with Crippen molar-refractivity contribution in [1.29, 1.82) is 0 Å². The van der Waals surface area contributed by atoms with Crippen LogP contribution in [0.2, 0.25) is 0 Å². The molecule has 0 N–H and O–H groups in total. The molecule has 4 heteroatoms. The third kappa shape index (κ3) is 3.03. The molecule has 0 aliphatic heterocycles. The van der Waals surface area contributed by atoms with Gasteiger partial charge in [-0.3, -0.25) is 4.79 Å². The summed E-state index contributed by atoms with van der Waals surface area (Å²) in [6.07, 6.45) is 4.67. The van der Waals surface area contributed by atoms with E-state index in [1.165, 1.54) is 0 Å². The van der Waals surface area contributed by atoms with Crippen molar-refractivity contribution >= 4 is 21.7 Å². The number of carbonyl (C=O) groups excluding carboxylic acids is 1. The number of benzene rings is 1. The lowest BCUT2D eigenvalue weighted by Gasteiger charge is -2.02. The number of hydrogen-bond acceptors (Lipinski definition) is 2. The first kappa shape index (κ1) is 12.0. The Labute approximate surface area is 109 Å². The van der Waals surface area contributed by atoms with Crippen molar-refractivity contribution < 1.29 is 4.79 Å². The quantitative estimate of drug-likeness (QED) is 0.812. The van der Waals surface area contributed by atoms with Crippen LogP contribution in [0.15, 0.2) is 41.1 Å². The molecule has 1 aromatic carbocycles. The minimum Gasteiger partial charge on any atom is -0.332 e. The summed E-state index contributed by atoms with van der Waals surface area (Å²) < 4.78 is 2.81. The van der Waals surface area contributed by atoms with Gasteiger partial charge in [0.1, 0.15) is 0 Å². The molecule has 0 aliphatic rings. The predicted octanol–water partition coefficient (Wildman–Crippen LogP) is 3.00. The molecular formula is C13H13BrN2O. The Morgan fingerprint density at radius 2 is 2.06 bits per heavy atom. The van der Waals surface area contributed by atoms with Gasteiger partial charge in [-0.25, -0.2) is 4.98 Å². The first-order chi connectivity index (χ1) is 8.16. The average molecular weight is 293 g/mol. The Kier molecular flexibility index (Phi) is 3.74. The first-order valence-corrected chi connectivity index (χ1v) is 6.21. The lowest BCUT2D eigenvalue weighted by atomic mass is 10.1. The zero-order chi connectivity index (χ0) is 12.3. The fourth-order valence-corrected chi connectivity index (χ4v) is 1.92. The van der Waals surface area contributed by atoms with E-state index in [1.54, 1.807) is 17.0 Å². The highest BCUT2D eigenvalue weighted by molar-refractivity contribution is 9.10. The third-order valence-electron chi connectivity index (χ3n) is 2.62. The lowest BCUT2D eigenvalue weighted by molar-refractivity contribution is 0.0970. The highest BCUT2D eigenvalue weighted by Crippen LogP contribution is 2.12. The largest absolute Gasteiger partial charge is 0.332 e. The second-order valence-corrected chi connectivity index (χ2v) is 4.83. The second kappa shape index (κ2) is 5.27. The first-order valence-electron chi connectivity index (χ1n) is 5.42. The van der Waals surface area contributed by atoms with Gasteiger partial charge in [0.25, 0.3) is 0 Å². The maximum absolute atomic E-state index is 11.9. The third-order valence-corrected chi connectivity index (χ3v) is 3.15. The number of aryl methyl sites for hydroxylation is 2. The molecule has 0 saturated heterocycles. The molecule has 0 bridgehead atoms. The van der Waals surface area contributed by atoms with Crippen LogP contribution in [0, 0.1) is 0 Å². The highest BCUT2D eigenvalue weighted by Gasteiger charge is 2.10. The van der Waals surface area contributed by atoms with Crippen LogP contribution in [0.4, 0.5) is 0 Å². The summed E-state index contributed by atoms with van der Waals surface area (Å²) in [5.41, 5.74) is 1.16. The molecular weight excluding hydrogens is 280 g/mol. The molecule has 88 valence electrons. The maximum Gasteiger partial charge on any atom is 0.198 e. The van der Waals surface area contributed by atoms with Crippen LogP contribution < -0.4 is 0 Å². The number of rotatable bonds is 4. The van der Waals surface area contributed by atoms with E-state index >= 15 is 0 Å². The summed E-state index contributed by atoms with van der Waals surface area (Å²) in [4.78, 5) is 15.9. The molecule has 1 heterocycles. The number of nitrogens with zero attached hydrogens (tertiary/aromatic N) is 2. The van der Waals surface area contributed by atoms with Crippen molar-refractivity contribution in [3.63, 3.8) is 0 Å². The molecule has 0 amide bonds. The molecule has 0 radical (unpaired) electrons. The minimum atomic E-state index is 0.0837. The zero-order valence-corrected chi connectivity index (χ0v) is 11.1. The Hall–Kier alpha value is -1.42. The van der Waals surface area contributed by atoms with Crippen LogP contribution in [0.5, 0.6) is 0 Å². The van der Waals surface area contributed by atoms with Gasteiger partial charge in [0.15, 0.2) is 11.6 Å². The van der Waals surface area contributed by atoms with Gasteiger partial charge in [-0.05, 0) is 24.1 Å². The molecule has 0 aliphatic carbocycles. The minimum absolute atomic E-state index is 0.0837. The number of aromatic nitrogens is 2.